The second kappa shape index (κ2) is 5.96. The van der Waals surface area contributed by atoms with Crippen LogP contribution >= 0.6 is 0 Å². The maximum Gasteiger partial charge on any atom is 0.303 e. The van der Waals surface area contributed by atoms with E-state index >= 15 is 0 Å². The Morgan fingerprint density at radius 3 is 2.53 bits per heavy atom. The quantitative estimate of drug-likeness (QED) is 0.723. The van der Waals surface area contributed by atoms with Crippen molar-refractivity contribution in [2.45, 2.75) is 19.3 Å². The first-order chi connectivity index (χ1) is 7.22. The maximum atomic E-state index is 10.6. The van der Waals surface area contributed by atoms with E-state index in [2.05, 4.69) is 0 Å². The summed E-state index contributed by atoms with van der Waals surface area (Å²) in [5, 5.41) is 8.67. The van der Waals surface area contributed by atoms with Gasteiger partial charge in [-0.2, -0.15) is 0 Å². The fourth-order valence-electron chi connectivity index (χ4n) is 1.57. The van der Waals surface area contributed by atoms with Crippen LogP contribution < -0.4 is 0 Å². The molecule has 0 saturated carbocycles. The molecule has 3 nitrogen and oxygen atoms in total. The number of hydrogen-bond donors (Lipinski definition) is 1. The molecule has 1 N–H and O–H groups in total. The number of carboxylic acids is 1. The van der Waals surface area contributed by atoms with Crippen LogP contribution in [-0.4, -0.2) is 17.4 Å². The molecule has 0 aliphatic heterocycles. The Morgan fingerprint density at radius 1 is 1.33 bits per heavy atom. The van der Waals surface area contributed by atoms with Crippen molar-refractivity contribution in [1.82, 2.24) is 0 Å². The second-order valence-electron chi connectivity index (χ2n) is 3.56. The van der Waals surface area contributed by atoms with Crippen molar-refractivity contribution in [3.63, 3.8) is 0 Å². The largest absolute Gasteiger partial charge is 0.481 e. The van der Waals surface area contributed by atoms with Gasteiger partial charge in [-0.25, -0.2) is 0 Å². The van der Waals surface area contributed by atoms with Crippen LogP contribution in [0, 0.1) is 5.92 Å². The van der Waals surface area contributed by atoms with E-state index < -0.39 is 5.97 Å². The minimum atomic E-state index is -0.849. The van der Waals surface area contributed by atoms with Crippen molar-refractivity contribution in [3.8, 4) is 0 Å². The monoisotopic (exact) mass is 206 g/mol. The molecule has 0 aliphatic rings. The first kappa shape index (κ1) is 11.4. The molecule has 3 heteroatoms. The number of rotatable bonds is 6. The van der Waals surface area contributed by atoms with Gasteiger partial charge < -0.3 is 9.90 Å². The summed E-state index contributed by atoms with van der Waals surface area (Å²) >= 11 is 0. The molecule has 0 saturated heterocycles. The zero-order valence-electron chi connectivity index (χ0n) is 8.43. The smallest absolute Gasteiger partial charge is 0.303 e. The summed E-state index contributed by atoms with van der Waals surface area (Å²) in [5.41, 5.74) is 1.07. The molecule has 1 atom stereocenters. The SMILES string of the molecule is O=CCC(CC(=O)O)Cc1ccccc1. The highest BCUT2D eigenvalue weighted by atomic mass is 16.4. The van der Waals surface area contributed by atoms with Crippen LogP contribution in [0.2, 0.25) is 0 Å². The Hall–Kier alpha value is -1.64. The lowest BCUT2D eigenvalue weighted by atomic mass is 9.94. The highest BCUT2D eigenvalue weighted by molar-refractivity contribution is 5.67. The molecule has 0 aromatic heterocycles. The summed E-state index contributed by atoms with van der Waals surface area (Å²) in [6.07, 6.45) is 1.79. The summed E-state index contributed by atoms with van der Waals surface area (Å²) in [5.74, 6) is -0.944. The van der Waals surface area contributed by atoms with Gasteiger partial charge in [0.25, 0.3) is 0 Å². The van der Waals surface area contributed by atoms with Crippen molar-refractivity contribution in [2.75, 3.05) is 0 Å². The van der Waals surface area contributed by atoms with E-state index in [9.17, 15) is 9.59 Å². The molecule has 0 aliphatic carbocycles. The molecule has 0 heterocycles. The van der Waals surface area contributed by atoms with Crippen LogP contribution in [0.1, 0.15) is 18.4 Å². The number of aldehydes is 1. The third-order valence-corrected chi connectivity index (χ3v) is 2.26. The van der Waals surface area contributed by atoms with E-state index in [1.54, 1.807) is 0 Å². The van der Waals surface area contributed by atoms with E-state index in [0.717, 1.165) is 11.8 Å². The van der Waals surface area contributed by atoms with Crippen molar-refractivity contribution < 1.29 is 14.7 Å². The Balaban J connectivity index is 2.58. The number of carbonyl (C=O) groups excluding carboxylic acids is 1. The average molecular weight is 206 g/mol. The molecule has 0 fully saturated rings. The molecule has 80 valence electrons. The Bertz CT molecular complexity index is 319. The molecule has 0 bridgehead atoms. The number of aliphatic carboxylic acids is 1. The van der Waals surface area contributed by atoms with Gasteiger partial charge in [0.1, 0.15) is 6.29 Å². The summed E-state index contributed by atoms with van der Waals surface area (Å²) in [6, 6.07) is 9.62. The first-order valence-corrected chi connectivity index (χ1v) is 4.91. The third kappa shape index (κ3) is 4.40. The van der Waals surface area contributed by atoms with Gasteiger partial charge in [0.2, 0.25) is 0 Å². The van der Waals surface area contributed by atoms with Gasteiger partial charge in [-0.3, -0.25) is 4.79 Å². The van der Waals surface area contributed by atoms with E-state index in [0.29, 0.717) is 12.8 Å². The average Bonchev–Trinajstić information content (AvgIpc) is 2.18. The molecular weight excluding hydrogens is 192 g/mol. The highest BCUT2D eigenvalue weighted by Crippen LogP contribution is 2.14. The minimum absolute atomic E-state index is 0.0492. The fourth-order valence-corrected chi connectivity index (χ4v) is 1.57. The van der Waals surface area contributed by atoms with E-state index in [1.165, 1.54) is 0 Å². The molecule has 0 radical (unpaired) electrons. The predicted molar refractivity (Wildman–Crippen MR) is 56.6 cm³/mol. The molecule has 1 aromatic rings. The lowest BCUT2D eigenvalue weighted by Crippen LogP contribution is -2.11. The van der Waals surface area contributed by atoms with Crippen molar-refractivity contribution in [3.05, 3.63) is 35.9 Å². The van der Waals surface area contributed by atoms with E-state index in [4.69, 9.17) is 5.11 Å². The number of carboxylic acid groups (broad SMARTS) is 1. The normalized spacial score (nSPS) is 12.0. The van der Waals surface area contributed by atoms with Crippen LogP contribution in [-0.2, 0) is 16.0 Å². The van der Waals surface area contributed by atoms with Crippen LogP contribution in [0.15, 0.2) is 30.3 Å². The van der Waals surface area contributed by atoms with Gasteiger partial charge in [0.05, 0.1) is 0 Å². The lowest BCUT2D eigenvalue weighted by Gasteiger charge is -2.11. The first-order valence-electron chi connectivity index (χ1n) is 4.91. The van der Waals surface area contributed by atoms with Crippen LogP contribution in [0.3, 0.4) is 0 Å². The van der Waals surface area contributed by atoms with Gasteiger partial charge in [-0.1, -0.05) is 30.3 Å². The minimum Gasteiger partial charge on any atom is -0.481 e. The van der Waals surface area contributed by atoms with Gasteiger partial charge in [-0.15, -0.1) is 0 Å². The van der Waals surface area contributed by atoms with Crippen LogP contribution in [0.25, 0.3) is 0 Å². The molecule has 1 unspecified atom stereocenters. The van der Waals surface area contributed by atoms with Gasteiger partial charge in [-0.05, 0) is 17.9 Å². The molecule has 0 amide bonds. The zero-order valence-corrected chi connectivity index (χ0v) is 8.43. The standard InChI is InChI=1S/C12H14O3/c13-7-6-11(9-12(14)15)8-10-4-2-1-3-5-10/h1-5,7,11H,6,8-9H2,(H,14,15). The molecular formula is C12H14O3. The maximum absolute atomic E-state index is 10.6. The Labute approximate surface area is 88.7 Å². The topological polar surface area (TPSA) is 54.4 Å². The summed E-state index contributed by atoms with van der Waals surface area (Å²) < 4.78 is 0. The number of hydrogen-bond acceptors (Lipinski definition) is 2. The third-order valence-electron chi connectivity index (χ3n) is 2.26. The predicted octanol–water partition coefficient (Wildman–Crippen LogP) is 1.91. The van der Waals surface area contributed by atoms with Crippen molar-refractivity contribution in [2.24, 2.45) is 5.92 Å². The Kier molecular flexibility index (Phi) is 4.54. The summed E-state index contributed by atoms with van der Waals surface area (Å²) in [4.78, 5) is 21.0. The van der Waals surface area contributed by atoms with E-state index in [1.807, 2.05) is 30.3 Å². The highest BCUT2D eigenvalue weighted by Gasteiger charge is 2.13. The van der Waals surface area contributed by atoms with Crippen LogP contribution in [0.4, 0.5) is 0 Å². The fraction of sp³-hybridized carbons (Fsp3) is 0.333. The van der Waals surface area contributed by atoms with Crippen LogP contribution in [0.5, 0.6) is 0 Å². The summed E-state index contributed by atoms with van der Waals surface area (Å²) in [7, 11) is 0. The van der Waals surface area contributed by atoms with Gasteiger partial charge >= 0.3 is 5.97 Å². The summed E-state index contributed by atoms with van der Waals surface area (Å²) in [6.45, 7) is 0. The molecule has 0 spiro atoms. The van der Waals surface area contributed by atoms with Crippen molar-refractivity contribution in [1.29, 1.82) is 0 Å². The van der Waals surface area contributed by atoms with Gasteiger partial charge in [0.15, 0.2) is 0 Å². The van der Waals surface area contributed by atoms with Crippen molar-refractivity contribution >= 4 is 12.3 Å². The van der Waals surface area contributed by atoms with E-state index in [-0.39, 0.29) is 12.3 Å². The number of benzene rings is 1. The Morgan fingerprint density at radius 2 is 2.00 bits per heavy atom. The molecule has 1 aromatic carbocycles. The second-order valence-corrected chi connectivity index (χ2v) is 3.56. The lowest BCUT2D eigenvalue weighted by molar-refractivity contribution is -0.138. The zero-order chi connectivity index (χ0) is 11.1. The number of carbonyl (C=O) groups is 2. The van der Waals surface area contributed by atoms with Gasteiger partial charge in [0, 0.05) is 12.8 Å². The molecule has 15 heavy (non-hydrogen) atoms. The molecule has 1 rings (SSSR count).